The van der Waals surface area contributed by atoms with Gasteiger partial charge in [0.15, 0.2) is 0 Å². The first-order chi connectivity index (χ1) is 13.7. The molecule has 0 saturated heterocycles. The van der Waals surface area contributed by atoms with Gasteiger partial charge in [-0.1, -0.05) is 23.7 Å². The topological polar surface area (TPSA) is 105 Å². The minimum atomic E-state index is -3.75. The molecule has 10 heteroatoms. The highest BCUT2D eigenvalue weighted by Gasteiger charge is 2.23. The maximum absolute atomic E-state index is 12.4. The van der Waals surface area contributed by atoms with E-state index in [4.69, 9.17) is 16.3 Å². The van der Waals surface area contributed by atoms with Gasteiger partial charge in [-0.25, -0.2) is 12.7 Å². The van der Waals surface area contributed by atoms with Crippen LogP contribution in [0.5, 0.6) is 5.75 Å². The molecule has 0 heterocycles. The fourth-order valence-corrected chi connectivity index (χ4v) is 3.70. The monoisotopic (exact) mass is 439 g/mol. The molecular weight excluding hydrogens is 418 g/mol. The van der Waals surface area contributed by atoms with Gasteiger partial charge in [-0.2, -0.15) is 0 Å². The van der Waals surface area contributed by atoms with Crippen molar-refractivity contribution in [1.82, 2.24) is 9.62 Å². The number of rotatable bonds is 8. The Bertz CT molecular complexity index is 1010. The summed E-state index contributed by atoms with van der Waals surface area (Å²) in [4.78, 5) is 24.2. The Morgan fingerprint density at radius 3 is 2.45 bits per heavy atom. The minimum Gasteiger partial charge on any atom is -0.495 e. The number of hydrogen-bond donors (Lipinski definition) is 2. The zero-order valence-corrected chi connectivity index (χ0v) is 17.8. The minimum absolute atomic E-state index is 0.00200. The molecule has 8 nitrogen and oxygen atoms in total. The number of carbonyl (C=O) groups is 2. The Morgan fingerprint density at radius 1 is 1.14 bits per heavy atom. The molecule has 0 aliphatic heterocycles. The van der Waals surface area contributed by atoms with Gasteiger partial charge in [0.2, 0.25) is 15.9 Å². The smallest absolute Gasteiger partial charge is 0.252 e. The summed E-state index contributed by atoms with van der Waals surface area (Å²) >= 11 is 5.96. The first kappa shape index (κ1) is 22.7. The summed E-state index contributed by atoms with van der Waals surface area (Å²) in [6.45, 7) is 0.0922. The van der Waals surface area contributed by atoms with Crippen LogP contribution in [0.25, 0.3) is 0 Å². The Hall–Kier alpha value is -2.62. The van der Waals surface area contributed by atoms with Gasteiger partial charge < -0.3 is 15.4 Å². The van der Waals surface area contributed by atoms with Crippen molar-refractivity contribution in [1.29, 1.82) is 0 Å². The Morgan fingerprint density at radius 2 is 1.83 bits per heavy atom. The van der Waals surface area contributed by atoms with E-state index in [1.165, 1.54) is 39.4 Å². The number of nitrogens with zero attached hydrogens (tertiary/aromatic N) is 1. The first-order valence-electron chi connectivity index (χ1n) is 8.60. The number of amides is 2. The Balaban J connectivity index is 2.00. The molecule has 0 atom stereocenters. The average Bonchev–Trinajstić information content (AvgIpc) is 2.68. The van der Waals surface area contributed by atoms with E-state index < -0.39 is 10.0 Å². The SMILES string of the molecule is COc1ccc(NC(=O)CCNC(=O)c2ccccc2Cl)cc1S(=O)(=O)N(C)C. The van der Waals surface area contributed by atoms with Crippen LogP contribution in [0.3, 0.4) is 0 Å². The van der Waals surface area contributed by atoms with E-state index in [-0.39, 0.29) is 35.4 Å². The van der Waals surface area contributed by atoms with Crippen LogP contribution in [-0.4, -0.2) is 52.3 Å². The average molecular weight is 440 g/mol. The van der Waals surface area contributed by atoms with E-state index in [1.54, 1.807) is 24.3 Å². The van der Waals surface area contributed by atoms with Gasteiger partial charge in [-0.05, 0) is 30.3 Å². The van der Waals surface area contributed by atoms with Gasteiger partial charge in [-0.3, -0.25) is 9.59 Å². The van der Waals surface area contributed by atoms with E-state index in [9.17, 15) is 18.0 Å². The van der Waals surface area contributed by atoms with E-state index in [0.29, 0.717) is 16.3 Å². The van der Waals surface area contributed by atoms with Gasteiger partial charge in [0.05, 0.1) is 17.7 Å². The molecule has 29 heavy (non-hydrogen) atoms. The molecule has 0 radical (unpaired) electrons. The number of benzene rings is 2. The van der Waals surface area contributed by atoms with Crippen molar-refractivity contribution in [2.75, 3.05) is 33.1 Å². The third-order valence-corrected chi connectivity index (χ3v) is 6.13. The molecular formula is C19H22ClN3O5S. The second-order valence-corrected chi connectivity index (χ2v) is 8.71. The fraction of sp³-hybridized carbons (Fsp3) is 0.263. The summed E-state index contributed by atoms with van der Waals surface area (Å²) in [5.74, 6) is -0.598. The van der Waals surface area contributed by atoms with Crippen molar-refractivity contribution in [3.8, 4) is 5.75 Å². The Kier molecular flexibility index (Phi) is 7.60. The predicted molar refractivity (Wildman–Crippen MR) is 111 cm³/mol. The molecule has 0 saturated carbocycles. The summed E-state index contributed by atoms with van der Waals surface area (Å²) in [7, 11) is 0.421. The van der Waals surface area contributed by atoms with E-state index in [2.05, 4.69) is 10.6 Å². The van der Waals surface area contributed by atoms with Gasteiger partial charge in [-0.15, -0.1) is 0 Å². The molecule has 0 fully saturated rings. The lowest BCUT2D eigenvalue weighted by Crippen LogP contribution is -2.28. The molecule has 2 amide bonds. The van der Waals surface area contributed by atoms with Gasteiger partial charge >= 0.3 is 0 Å². The lowest BCUT2D eigenvalue weighted by atomic mass is 10.2. The van der Waals surface area contributed by atoms with Crippen molar-refractivity contribution in [2.24, 2.45) is 0 Å². The number of halogens is 1. The van der Waals surface area contributed by atoms with Crippen LogP contribution in [-0.2, 0) is 14.8 Å². The van der Waals surface area contributed by atoms with Crippen LogP contribution >= 0.6 is 11.6 Å². The van der Waals surface area contributed by atoms with Crippen molar-refractivity contribution < 1.29 is 22.7 Å². The van der Waals surface area contributed by atoms with Crippen LogP contribution in [0.2, 0.25) is 5.02 Å². The highest BCUT2D eigenvalue weighted by atomic mass is 35.5. The summed E-state index contributed by atoms with van der Waals surface area (Å²) in [5.41, 5.74) is 0.622. The molecule has 2 N–H and O–H groups in total. The van der Waals surface area contributed by atoms with Crippen molar-refractivity contribution in [2.45, 2.75) is 11.3 Å². The van der Waals surface area contributed by atoms with E-state index >= 15 is 0 Å². The van der Waals surface area contributed by atoms with Gasteiger partial charge in [0.1, 0.15) is 10.6 Å². The number of ether oxygens (including phenoxy) is 1. The summed E-state index contributed by atoms with van der Waals surface area (Å²) in [5, 5.41) is 5.55. The Labute approximate surface area is 174 Å². The van der Waals surface area contributed by atoms with Crippen LogP contribution in [0, 0.1) is 0 Å². The van der Waals surface area contributed by atoms with Crippen LogP contribution < -0.4 is 15.4 Å². The standard InChI is InChI=1S/C19H22ClN3O5S/c1-23(2)29(26,27)17-12-13(8-9-16(17)28-3)22-18(24)10-11-21-19(25)14-6-4-5-7-15(14)20/h4-9,12H,10-11H2,1-3H3,(H,21,25)(H,22,24). The third kappa shape index (κ3) is 5.69. The number of sulfonamides is 1. The molecule has 2 rings (SSSR count). The lowest BCUT2D eigenvalue weighted by Gasteiger charge is -2.16. The number of anilines is 1. The second-order valence-electron chi connectivity index (χ2n) is 6.19. The molecule has 156 valence electrons. The zero-order chi connectivity index (χ0) is 21.6. The largest absolute Gasteiger partial charge is 0.495 e. The number of hydrogen-bond acceptors (Lipinski definition) is 5. The molecule has 0 aromatic heterocycles. The predicted octanol–water partition coefficient (Wildman–Crippen LogP) is 2.36. The molecule has 0 unspecified atom stereocenters. The first-order valence-corrected chi connectivity index (χ1v) is 10.4. The molecule has 2 aromatic rings. The summed E-state index contributed by atoms with van der Waals surface area (Å²) in [6.07, 6.45) is -0.00200. The fourth-order valence-electron chi connectivity index (χ4n) is 2.41. The van der Waals surface area contributed by atoms with Crippen molar-refractivity contribution in [3.05, 3.63) is 53.1 Å². The van der Waals surface area contributed by atoms with Crippen LogP contribution in [0.15, 0.2) is 47.4 Å². The third-order valence-electron chi connectivity index (χ3n) is 3.96. The summed E-state index contributed by atoms with van der Waals surface area (Å²) in [6, 6.07) is 10.9. The molecule has 0 aliphatic carbocycles. The quantitative estimate of drug-likeness (QED) is 0.657. The molecule has 0 spiro atoms. The molecule has 0 aliphatic rings. The number of nitrogens with one attached hydrogen (secondary N) is 2. The van der Waals surface area contributed by atoms with Gasteiger partial charge in [0.25, 0.3) is 5.91 Å². The second kappa shape index (κ2) is 9.73. The highest BCUT2D eigenvalue weighted by molar-refractivity contribution is 7.89. The number of carbonyl (C=O) groups excluding carboxylic acids is 2. The molecule has 0 bridgehead atoms. The van der Waals surface area contributed by atoms with Crippen molar-refractivity contribution >= 4 is 39.1 Å². The summed E-state index contributed by atoms with van der Waals surface area (Å²) < 4.78 is 31.0. The zero-order valence-electron chi connectivity index (χ0n) is 16.2. The van der Waals surface area contributed by atoms with Crippen LogP contribution in [0.1, 0.15) is 16.8 Å². The highest BCUT2D eigenvalue weighted by Crippen LogP contribution is 2.28. The van der Waals surface area contributed by atoms with E-state index in [0.717, 1.165) is 4.31 Å². The van der Waals surface area contributed by atoms with Gasteiger partial charge in [0, 0.05) is 32.7 Å². The normalized spacial score (nSPS) is 11.2. The maximum atomic E-state index is 12.4. The van der Waals surface area contributed by atoms with Crippen molar-refractivity contribution in [3.63, 3.8) is 0 Å². The molecule has 2 aromatic carbocycles. The van der Waals surface area contributed by atoms with Crippen LogP contribution in [0.4, 0.5) is 5.69 Å². The lowest BCUT2D eigenvalue weighted by molar-refractivity contribution is -0.116. The maximum Gasteiger partial charge on any atom is 0.252 e. The van der Waals surface area contributed by atoms with E-state index in [1.807, 2.05) is 0 Å². The number of methoxy groups -OCH3 is 1.